The van der Waals surface area contributed by atoms with Crippen molar-refractivity contribution in [1.29, 1.82) is 10.5 Å². The largest absolute Gasteiger partial charge is 0.464 e. The second-order valence-electron chi connectivity index (χ2n) is 6.37. The number of esters is 1. The van der Waals surface area contributed by atoms with Gasteiger partial charge in [0.15, 0.2) is 5.75 Å². The molecule has 2 aromatic rings. The minimum Gasteiger partial charge on any atom is -0.464 e. The maximum atomic E-state index is 12.5. The van der Waals surface area contributed by atoms with E-state index in [0.717, 1.165) is 14.7 Å². The summed E-state index contributed by atoms with van der Waals surface area (Å²) in [6.07, 6.45) is 4.11. The molecule has 1 N–H and O–H groups in total. The second kappa shape index (κ2) is 12.4. The van der Waals surface area contributed by atoms with Gasteiger partial charge in [0.1, 0.15) is 11.8 Å². The highest BCUT2D eigenvalue weighted by Gasteiger charge is 2.22. The molecule has 8 nitrogen and oxygen atoms in total. The molecule has 0 radical (unpaired) electrons. The molecule has 0 bridgehead atoms. The third-order valence-corrected chi connectivity index (χ3v) is 5.07. The smallest absolute Gasteiger partial charge is 0.328 e. The average Bonchev–Trinajstić information content (AvgIpc) is 2.75. The molecule has 1 unspecified atom stereocenters. The van der Waals surface area contributed by atoms with Crippen LogP contribution in [0.5, 0.6) is 11.5 Å². The quantitative estimate of drug-likeness (QED) is 0.283. The van der Waals surface area contributed by atoms with Crippen molar-refractivity contribution in [3.63, 3.8) is 0 Å². The maximum absolute atomic E-state index is 12.5. The Kier molecular flexibility index (Phi) is 9.59. The first-order valence-corrected chi connectivity index (χ1v) is 10.5. The number of rotatable bonds is 10. The van der Waals surface area contributed by atoms with Crippen molar-refractivity contribution in [1.82, 2.24) is 5.32 Å². The van der Waals surface area contributed by atoms with Crippen LogP contribution >= 0.6 is 22.6 Å². The molecule has 0 aromatic heterocycles. The number of carbonyl (C=O) groups is 2. The minimum absolute atomic E-state index is 0.180. The summed E-state index contributed by atoms with van der Waals surface area (Å²) in [5.41, 5.74) is 1.69. The van der Waals surface area contributed by atoms with Gasteiger partial charge in [-0.15, -0.1) is 10.5 Å². The van der Waals surface area contributed by atoms with Crippen LogP contribution in [0.2, 0.25) is 0 Å². The van der Waals surface area contributed by atoms with Crippen LogP contribution in [0.3, 0.4) is 0 Å². The van der Waals surface area contributed by atoms with Gasteiger partial charge < -0.3 is 19.5 Å². The van der Waals surface area contributed by atoms with E-state index in [4.69, 9.17) is 24.7 Å². The van der Waals surface area contributed by atoms with E-state index in [0.29, 0.717) is 17.9 Å². The van der Waals surface area contributed by atoms with Crippen molar-refractivity contribution in [2.75, 3.05) is 6.61 Å². The highest BCUT2D eigenvalue weighted by Crippen LogP contribution is 2.22. The second-order valence-corrected chi connectivity index (χ2v) is 7.53. The highest BCUT2D eigenvalue weighted by atomic mass is 127. The summed E-state index contributed by atoms with van der Waals surface area (Å²) in [5, 5.41) is 19.9. The summed E-state index contributed by atoms with van der Waals surface area (Å²) in [6.45, 7) is 1.90. The molecule has 9 heteroatoms. The Hall–Kier alpha value is -3.31. The molecule has 0 saturated carbocycles. The number of nitrogens with zero attached hydrogens (tertiary/aromatic N) is 2. The number of carbonyl (C=O) groups excluding carboxylic acids is 2. The van der Waals surface area contributed by atoms with E-state index < -0.39 is 12.0 Å². The van der Waals surface area contributed by atoms with Crippen LogP contribution < -0.4 is 14.8 Å². The molecular weight excluding hydrogens is 513 g/mol. The fraction of sp³-hybridized carbons (Fsp3) is 0.273. The van der Waals surface area contributed by atoms with Gasteiger partial charge in [0.25, 0.3) is 12.5 Å². The molecule has 0 spiro atoms. The Balaban J connectivity index is 1.99. The van der Waals surface area contributed by atoms with E-state index in [1.54, 1.807) is 55.8 Å². The van der Waals surface area contributed by atoms with Gasteiger partial charge in [-0.1, -0.05) is 18.2 Å². The molecule has 2 aromatic carbocycles. The number of ether oxygens (including phenoxy) is 3. The Labute approximate surface area is 193 Å². The lowest BCUT2D eigenvalue weighted by Crippen LogP contribution is -2.43. The number of nitrogens with one attached hydrogen (secondary N) is 1. The third kappa shape index (κ3) is 7.79. The maximum Gasteiger partial charge on any atom is 0.328 e. The van der Waals surface area contributed by atoms with Gasteiger partial charge in [-0.3, -0.25) is 4.79 Å². The first kappa shape index (κ1) is 24.0. The Morgan fingerprint density at radius 1 is 1.06 bits per heavy atom. The normalized spacial score (nSPS) is 10.8. The van der Waals surface area contributed by atoms with Crippen molar-refractivity contribution in [3.05, 3.63) is 57.2 Å². The molecule has 1 amide bonds. The van der Waals surface area contributed by atoms with E-state index in [-0.39, 0.29) is 25.4 Å². The molecule has 2 rings (SSSR count). The summed E-state index contributed by atoms with van der Waals surface area (Å²) >= 11 is 2.06. The molecule has 31 heavy (non-hydrogen) atoms. The zero-order valence-corrected chi connectivity index (χ0v) is 18.9. The number of hydrogen-bond donors (Lipinski definition) is 1. The van der Waals surface area contributed by atoms with E-state index in [9.17, 15) is 9.59 Å². The van der Waals surface area contributed by atoms with Crippen molar-refractivity contribution in [2.24, 2.45) is 0 Å². The summed E-state index contributed by atoms with van der Waals surface area (Å²) in [4.78, 5) is 24.8. The van der Waals surface area contributed by atoms with Crippen LogP contribution in [-0.4, -0.2) is 24.5 Å². The number of amides is 1. The molecule has 0 heterocycles. The summed E-state index contributed by atoms with van der Waals surface area (Å²) < 4.78 is 15.4. The summed E-state index contributed by atoms with van der Waals surface area (Å²) in [5.74, 6) is 0.0595. The fourth-order valence-electron chi connectivity index (χ4n) is 2.77. The number of hydrogen-bond acceptors (Lipinski definition) is 7. The van der Waals surface area contributed by atoms with Crippen LogP contribution in [0.15, 0.2) is 42.5 Å². The average molecular weight is 533 g/mol. The predicted molar refractivity (Wildman–Crippen MR) is 119 cm³/mol. The first-order valence-electron chi connectivity index (χ1n) is 9.42. The van der Waals surface area contributed by atoms with Gasteiger partial charge >= 0.3 is 5.97 Å². The zero-order valence-electron chi connectivity index (χ0n) is 16.8. The lowest BCUT2D eigenvalue weighted by Gasteiger charge is -2.17. The SMILES string of the molecule is CCOC(=O)C(Cc1ccc(OC#N)cc1)NC(=O)CCc1ccc(OC#N)c(I)c1. The molecule has 0 aliphatic carbocycles. The van der Waals surface area contributed by atoms with Gasteiger partial charge in [-0.25, -0.2) is 4.79 Å². The predicted octanol–water partition coefficient (Wildman–Crippen LogP) is 3.23. The molecule has 1 atom stereocenters. The summed E-state index contributed by atoms with van der Waals surface area (Å²) in [6, 6.07) is 11.1. The van der Waals surface area contributed by atoms with Crippen LogP contribution in [0.1, 0.15) is 24.5 Å². The van der Waals surface area contributed by atoms with Crippen LogP contribution in [0.25, 0.3) is 0 Å². The minimum atomic E-state index is -0.832. The molecule has 160 valence electrons. The Bertz CT molecular complexity index is 996. The topological polar surface area (TPSA) is 121 Å². The molecule has 0 saturated heterocycles. The van der Waals surface area contributed by atoms with Gasteiger partial charge in [0, 0.05) is 12.8 Å². The van der Waals surface area contributed by atoms with Crippen molar-refractivity contribution in [3.8, 4) is 24.0 Å². The molecule has 0 aliphatic rings. The number of benzene rings is 2. The van der Waals surface area contributed by atoms with Gasteiger partial charge in [0.2, 0.25) is 5.91 Å². The van der Waals surface area contributed by atoms with E-state index in [2.05, 4.69) is 27.9 Å². The molecular formula is C22H20IN3O5. The Morgan fingerprint density at radius 2 is 1.74 bits per heavy atom. The van der Waals surface area contributed by atoms with Gasteiger partial charge in [-0.2, -0.15) is 0 Å². The Morgan fingerprint density at radius 3 is 2.35 bits per heavy atom. The number of nitriles is 2. The van der Waals surface area contributed by atoms with Crippen molar-refractivity contribution in [2.45, 2.75) is 32.2 Å². The standard InChI is InChI=1S/C22H20IN3O5/c1-2-29-22(28)19(12-16-3-7-17(8-4-16)30-13-24)26-21(27)10-6-15-5-9-20(31-14-25)18(23)11-15/h3-5,7-9,11,19H,2,6,10,12H2,1H3,(H,26,27). The monoisotopic (exact) mass is 533 g/mol. The van der Waals surface area contributed by atoms with Crippen LogP contribution in [0.4, 0.5) is 0 Å². The lowest BCUT2D eigenvalue weighted by atomic mass is 10.0. The van der Waals surface area contributed by atoms with Gasteiger partial charge in [-0.05, 0) is 71.3 Å². The number of halogens is 1. The molecule has 0 aliphatic heterocycles. The fourth-order valence-corrected chi connectivity index (χ4v) is 3.46. The van der Waals surface area contributed by atoms with E-state index in [1.807, 2.05) is 6.07 Å². The lowest BCUT2D eigenvalue weighted by molar-refractivity contribution is -0.147. The zero-order chi connectivity index (χ0) is 22.6. The van der Waals surface area contributed by atoms with Crippen LogP contribution in [-0.2, 0) is 27.2 Å². The molecule has 0 fully saturated rings. The van der Waals surface area contributed by atoms with E-state index in [1.165, 1.54) is 0 Å². The summed E-state index contributed by atoms with van der Waals surface area (Å²) in [7, 11) is 0. The van der Waals surface area contributed by atoms with Crippen molar-refractivity contribution < 1.29 is 23.8 Å². The third-order valence-electron chi connectivity index (χ3n) is 4.23. The highest BCUT2D eigenvalue weighted by molar-refractivity contribution is 14.1. The number of aryl methyl sites for hydroxylation is 1. The van der Waals surface area contributed by atoms with Crippen LogP contribution in [0, 0.1) is 26.6 Å². The first-order chi connectivity index (χ1) is 15.0. The van der Waals surface area contributed by atoms with E-state index >= 15 is 0 Å². The van der Waals surface area contributed by atoms with Crippen molar-refractivity contribution >= 4 is 34.5 Å². The van der Waals surface area contributed by atoms with Gasteiger partial charge in [0.05, 0.1) is 10.2 Å².